The second-order valence-corrected chi connectivity index (χ2v) is 12.8. The Morgan fingerprint density at radius 2 is 1.57 bits per heavy atom. The number of fused-ring (bicyclic) bond motifs is 1. The highest BCUT2D eigenvalue weighted by Gasteiger charge is 2.48. The number of rotatable bonds is 9. The lowest BCUT2D eigenvalue weighted by molar-refractivity contribution is -0.318. The summed E-state index contributed by atoms with van der Waals surface area (Å²) >= 11 is 0. The van der Waals surface area contributed by atoms with Crippen LogP contribution in [0, 0.1) is 0 Å². The molecule has 0 spiro atoms. The molecule has 278 valence electrons. The molecule has 0 aliphatic carbocycles. The highest BCUT2D eigenvalue weighted by atomic mass is 16.7. The van der Waals surface area contributed by atoms with Gasteiger partial charge in [0.2, 0.25) is 17.5 Å². The SMILES string of the molecule is C[C@H]1O[C@@H](OC[C@@H]2O[C@H](Oc3c(-c4ccccc4O)oc4c(CN5CCC[C@@H]5C(=O)O)c(O)cc(O)c4c3=O)[C@@H](O)[C@H](O)[C@H]2O)[C@H](O)[C@H](O)[C@@H]1O. The van der Waals surface area contributed by atoms with E-state index in [0.29, 0.717) is 19.4 Å². The molecule has 1 aromatic heterocycles. The van der Waals surface area contributed by atoms with Crippen molar-refractivity contribution in [3.63, 3.8) is 0 Å². The largest absolute Gasteiger partial charge is 0.507 e. The smallest absolute Gasteiger partial charge is 0.320 e. The maximum absolute atomic E-state index is 14.2. The number of nitrogens with zero attached hydrogens (tertiary/aromatic N) is 1. The van der Waals surface area contributed by atoms with Gasteiger partial charge in [0.05, 0.1) is 23.8 Å². The molecule has 3 aliphatic rings. The van der Waals surface area contributed by atoms with E-state index in [-0.39, 0.29) is 23.3 Å². The van der Waals surface area contributed by atoms with Crippen LogP contribution in [0.2, 0.25) is 0 Å². The van der Waals surface area contributed by atoms with Gasteiger partial charge in [-0.2, -0.15) is 0 Å². The maximum atomic E-state index is 14.2. The number of hydrogen-bond donors (Lipinski definition) is 10. The first kappa shape index (κ1) is 36.7. The number of aliphatic hydroxyl groups excluding tert-OH is 6. The first-order valence-electron chi connectivity index (χ1n) is 16.2. The van der Waals surface area contributed by atoms with Gasteiger partial charge in [-0.05, 0) is 38.4 Å². The third-order valence-corrected chi connectivity index (χ3v) is 9.48. The maximum Gasteiger partial charge on any atom is 0.320 e. The van der Waals surface area contributed by atoms with E-state index < -0.39 is 120 Å². The fourth-order valence-corrected chi connectivity index (χ4v) is 6.58. The van der Waals surface area contributed by atoms with Crippen LogP contribution in [0.4, 0.5) is 0 Å². The Labute approximate surface area is 288 Å². The molecule has 0 bridgehead atoms. The van der Waals surface area contributed by atoms with Gasteiger partial charge in [-0.25, -0.2) is 0 Å². The molecule has 18 heteroatoms. The van der Waals surface area contributed by atoms with E-state index in [1.807, 2.05) is 0 Å². The second kappa shape index (κ2) is 14.5. The molecule has 3 aliphatic heterocycles. The van der Waals surface area contributed by atoms with Crippen LogP contribution in [0.3, 0.4) is 0 Å². The number of phenolic OH excluding ortho intramolecular Hbond substituents is 3. The summed E-state index contributed by atoms with van der Waals surface area (Å²) in [6.45, 7) is 0.940. The third-order valence-electron chi connectivity index (χ3n) is 9.48. The summed E-state index contributed by atoms with van der Waals surface area (Å²) in [5.74, 6) is -3.93. The van der Waals surface area contributed by atoms with Crippen LogP contribution in [0.1, 0.15) is 25.3 Å². The monoisotopic (exact) mass is 721 g/mol. The third kappa shape index (κ3) is 6.83. The van der Waals surface area contributed by atoms with Crippen LogP contribution in [-0.4, -0.2) is 143 Å². The Balaban J connectivity index is 1.38. The van der Waals surface area contributed by atoms with E-state index >= 15 is 0 Å². The first-order valence-corrected chi connectivity index (χ1v) is 16.2. The predicted molar refractivity (Wildman–Crippen MR) is 170 cm³/mol. The molecule has 0 saturated carbocycles. The van der Waals surface area contributed by atoms with E-state index in [0.717, 1.165) is 6.07 Å². The number of carboxylic acid groups (broad SMARTS) is 1. The number of para-hydroxylation sites is 1. The van der Waals surface area contributed by atoms with E-state index in [1.54, 1.807) is 4.90 Å². The molecule has 11 atom stereocenters. The van der Waals surface area contributed by atoms with Crippen molar-refractivity contribution in [3.05, 3.63) is 46.1 Å². The fourth-order valence-electron chi connectivity index (χ4n) is 6.58. The van der Waals surface area contributed by atoms with Crippen molar-refractivity contribution in [2.24, 2.45) is 0 Å². The molecule has 3 saturated heterocycles. The number of ether oxygens (including phenoxy) is 4. The van der Waals surface area contributed by atoms with Gasteiger partial charge in [0.25, 0.3) is 0 Å². The van der Waals surface area contributed by atoms with Gasteiger partial charge in [0.1, 0.15) is 71.4 Å². The van der Waals surface area contributed by atoms with Crippen molar-refractivity contribution in [3.8, 4) is 34.3 Å². The molecule has 6 rings (SSSR count). The number of benzene rings is 2. The molecule has 2 aromatic carbocycles. The first-order chi connectivity index (χ1) is 24.2. The minimum absolute atomic E-state index is 0.0416. The van der Waals surface area contributed by atoms with Crippen molar-refractivity contribution >= 4 is 16.9 Å². The number of carbonyl (C=O) groups is 1. The fraction of sp³-hybridized carbons (Fsp3) is 0.515. The van der Waals surface area contributed by atoms with E-state index in [1.165, 1.54) is 31.2 Å². The van der Waals surface area contributed by atoms with Crippen LogP contribution < -0.4 is 10.2 Å². The van der Waals surface area contributed by atoms with Gasteiger partial charge in [-0.3, -0.25) is 14.5 Å². The minimum atomic E-state index is -2.01. The summed E-state index contributed by atoms with van der Waals surface area (Å²) < 4.78 is 28.5. The Kier molecular flexibility index (Phi) is 10.4. The van der Waals surface area contributed by atoms with Crippen LogP contribution in [0.25, 0.3) is 22.3 Å². The van der Waals surface area contributed by atoms with Crippen LogP contribution in [0.5, 0.6) is 23.0 Å². The number of aromatic hydroxyl groups is 3. The van der Waals surface area contributed by atoms with Gasteiger partial charge in [-0.15, -0.1) is 0 Å². The molecule has 4 heterocycles. The zero-order valence-corrected chi connectivity index (χ0v) is 27.1. The Morgan fingerprint density at radius 1 is 0.882 bits per heavy atom. The van der Waals surface area contributed by atoms with Crippen molar-refractivity contribution in [1.82, 2.24) is 4.90 Å². The van der Waals surface area contributed by atoms with Crippen molar-refractivity contribution < 1.29 is 79.2 Å². The molecule has 0 radical (unpaired) electrons. The number of aliphatic carboxylic acids is 1. The normalized spacial score (nSPS) is 33.0. The lowest BCUT2D eigenvalue weighted by Gasteiger charge is -2.42. The van der Waals surface area contributed by atoms with E-state index in [9.17, 15) is 60.7 Å². The molecule has 10 N–H and O–H groups in total. The minimum Gasteiger partial charge on any atom is -0.507 e. The van der Waals surface area contributed by atoms with Crippen molar-refractivity contribution in [2.75, 3.05) is 13.2 Å². The predicted octanol–water partition coefficient (Wildman–Crippen LogP) is -1.34. The standard InChI is InChI=1S/C33H39NO17/c1-12-21(38)24(41)26(43)32(48-12)47-11-19-22(39)25(42)27(44)33(49-19)51-30-23(40)20-18(37)9-17(36)14(10-34-8-4-6-15(34)31(45)46)28(20)50-29(30)13-5-2-3-7-16(13)35/h2-3,5,7,9,12,15,19,21-22,24-27,32-33,35-39,41-44H,4,6,8,10-11H2,1H3,(H,45,46)/t12-,15-,19+,21-,22+,24-,25-,26-,27+,32-,33-/m1/s1. The number of carboxylic acids is 1. The van der Waals surface area contributed by atoms with Crippen molar-refractivity contribution in [1.29, 1.82) is 0 Å². The Bertz CT molecular complexity index is 1820. The lowest BCUT2D eigenvalue weighted by Crippen LogP contribution is -2.61. The molecule has 0 amide bonds. The van der Waals surface area contributed by atoms with Gasteiger partial charge < -0.3 is 74.4 Å². The van der Waals surface area contributed by atoms with Gasteiger partial charge in [0, 0.05) is 12.6 Å². The average Bonchev–Trinajstić information content (AvgIpc) is 3.57. The number of aliphatic hydroxyl groups is 6. The second-order valence-electron chi connectivity index (χ2n) is 12.8. The number of likely N-dealkylation sites (tertiary alicyclic amines) is 1. The van der Waals surface area contributed by atoms with Crippen LogP contribution in [-0.2, 0) is 25.5 Å². The Morgan fingerprint density at radius 3 is 2.27 bits per heavy atom. The number of phenols is 3. The summed E-state index contributed by atoms with van der Waals surface area (Å²) in [5.41, 5.74) is -1.58. The van der Waals surface area contributed by atoms with Crippen LogP contribution >= 0.6 is 0 Å². The number of hydrogen-bond acceptors (Lipinski definition) is 17. The molecule has 18 nitrogen and oxygen atoms in total. The quantitative estimate of drug-likeness (QED) is 0.122. The van der Waals surface area contributed by atoms with E-state index in [2.05, 4.69) is 0 Å². The van der Waals surface area contributed by atoms with Crippen LogP contribution in [0.15, 0.2) is 39.5 Å². The van der Waals surface area contributed by atoms with Gasteiger partial charge >= 0.3 is 5.97 Å². The van der Waals surface area contributed by atoms with Crippen molar-refractivity contribution in [2.45, 2.75) is 93.8 Å². The molecule has 0 unspecified atom stereocenters. The molecule has 51 heavy (non-hydrogen) atoms. The highest BCUT2D eigenvalue weighted by Crippen LogP contribution is 2.42. The van der Waals surface area contributed by atoms with Gasteiger partial charge in [-0.1, -0.05) is 12.1 Å². The summed E-state index contributed by atoms with van der Waals surface area (Å²) in [6.07, 6.45) is -15.6. The lowest BCUT2D eigenvalue weighted by atomic mass is 9.98. The molecule has 3 fully saturated rings. The zero-order chi connectivity index (χ0) is 36.9. The summed E-state index contributed by atoms with van der Waals surface area (Å²) in [7, 11) is 0. The average molecular weight is 722 g/mol. The summed E-state index contributed by atoms with van der Waals surface area (Å²) in [5, 5.41) is 104. The van der Waals surface area contributed by atoms with E-state index in [4.69, 9.17) is 23.4 Å². The Hall–Kier alpha value is -4.08. The summed E-state index contributed by atoms with van der Waals surface area (Å²) in [6, 6.07) is 5.57. The molecule has 3 aromatic rings. The zero-order valence-electron chi connectivity index (χ0n) is 27.1. The van der Waals surface area contributed by atoms with Gasteiger partial charge in [0.15, 0.2) is 17.6 Å². The topological polar surface area (TPSA) is 290 Å². The highest BCUT2D eigenvalue weighted by molar-refractivity contribution is 5.91. The molecular weight excluding hydrogens is 682 g/mol. The summed E-state index contributed by atoms with van der Waals surface area (Å²) in [4.78, 5) is 27.6. The molecular formula is C33H39NO17.